The maximum atomic E-state index is 11.9. The highest BCUT2D eigenvalue weighted by Crippen LogP contribution is 2.38. The molecule has 1 aromatic carbocycles. The third-order valence-electron chi connectivity index (χ3n) is 2.79. The Labute approximate surface area is 95.2 Å². The standard InChI is InChI=1S/C12H16N2O2/c1-12(2)11(15)14(4)9-6-5-8(13-3)7-10(9)16-12/h5-7,13H,1-4H3. The lowest BCUT2D eigenvalue weighted by atomic mass is 10.0. The number of likely N-dealkylation sites (N-methyl/N-ethyl adjacent to an activating group) is 1. The third-order valence-corrected chi connectivity index (χ3v) is 2.79. The number of benzene rings is 1. The van der Waals surface area contributed by atoms with Crippen LogP contribution in [0.5, 0.6) is 5.75 Å². The van der Waals surface area contributed by atoms with Gasteiger partial charge in [0.2, 0.25) is 0 Å². The fourth-order valence-electron chi connectivity index (χ4n) is 1.86. The first-order chi connectivity index (χ1) is 7.45. The van der Waals surface area contributed by atoms with Crippen LogP contribution >= 0.6 is 0 Å². The van der Waals surface area contributed by atoms with Crippen LogP contribution in [0.25, 0.3) is 0 Å². The van der Waals surface area contributed by atoms with E-state index in [1.54, 1.807) is 25.8 Å². The number of nitrogens with one attached hydrogen (secondary N) is 1. The summed E-state index contributed by atoms with van der Waals surface area (Å²) in [5.41, 5.74) is 0.981. The molecule has 0 spiro atoms. The number of rotatable bonds is 1. The molecule has 0 saturated carbocycles. The summed E-state index contributed by atoms with van der Waals surface area (Å²) < 4.78 is 5.71. The molecule has 1 aromatic rings. The molecule has 2 rings (SSSR count). The minimum Gasteiger partial charge on any atom is -0.476 e. The smallest absolute Gasteiger partial charge is 0.270 e. The number of carbonyl (C=O) groups excluding carboxylic acids is 1. The van der Waals surface area contributed by atoms with Gasteiger partial charge in [0.1, 0.15) is 5.75 Å². The van der Waals surface area contributed by atoms with Gasteiger partial charge in [-0.05, 0) is 26.0 Å². The highest BCUT2D eigenvalue weighted by Gasteiger charge is 2.39. The van der Waals surface area contributed by atoms with Gasteiger partial charge >= 0.3 is 0 Å². The van der Waals surface area contributed by atoms with Crippen molar-refractivity contribution in [3.63, 3.8) is 0 Å². The molecule has 0 fully saturated rings. The van der Waals surface area contributed by atoms with Crippen molar-refractivity contribution in [3.8, 4) is 5.75 Å². The fraction of sp³-hybridized carbons (Fsp3) is 0.417. The predicted molar refractivity (Wildman–Crippen MR) is 64.1 cm³/mol. The largest absolute Gasteiger partial charge is 0.476 e. The van der Waals surface area contributed by atoms with Crippen molar-refractivity contribution >= 4 is 17.3 Å². The van der Waals surface area contributed by atoms with E-state index in [1.165, 1.54) is 0 Å². The van der Waals surface area contributed by atoms with Crippen LogP contribution in [0.15, 0.2) is 18.2 Å². The fourth-order valence-corrected chi connectivity index (χ4v) is 1.86. The van der Waals surface area contributed by atoms with Crippen LogP contribution in [0.3, 0.4) is 0 Å². The average Bonchev–Trinajstić information content (AvgIpc) is 2.25. The number of ether oxygens (including phenoxy) is 1. The second kappa shape index (κ2) is 3.40. The van der Waals surface area contributed by atoms with Gasteiger partial charge in [-0.1, -0.05) is 0 Å². The second-order valence-corrected chi connectivity index (χ2v) is 4.41. The minimum atomic E-state index is -0.798. The van der Waals surface area contributed by atoms with Crippen molar-refractivity contribution in [3.05, 3.63) is 18.2 Å². The molecular formula is C12H16N2O2. The van der Waals surface area contributed by atoms with E-state index in [4.69, 9.17) is 4.74 Å². The molecule has 0 atom stereocenters. The third kappa shape index (κ3) is 1.50. The number of hydrogen-bond acceptors (Lipinski definition) is 3. The van der Waals surface area contributed by atoms with E-state index >= 15 is 0 Å². The Balaban J connectivity index is 2.51. The number of fused-ring (bicyclic) bond motifs is 1. The number of nitrogens with zero attached hydrogens (tertiary/aromatic N) is 1. The average molecular weight is 220 g/mol. The van der Waals surface area contributed by atoms with Crippen LogP contribution in [0.1, 0.15) is 13.8 Å². The van der Waals surface area contributed by atoms with Crippen LogP contribution in [0, 0.1) is 0 Å². The summed E-state index contributed by atoms with van der Waals surface area (Å²) in [6.45, 7) is 3.56. The monoisotopic (exact) mass is 220 g/mol. The van der Waals surface area contributed by atoms with Crippen molar-refractivity contribution < 1.29 is 9.53 Å². The van der Waals surface area contributed by atoms with Crippen molar-refractivity contribution in [1.82, 2.24) is 0 Å². The zero-order valence-electron chi connectivity index (χ0n) is 10.00. The van der Waals surface area contributed by atoms with E-state index in [2.05, 4.69) is 5.32 Å². The number of amides is 1. The highest BCUT2D eigenvalue weighted by atomic mass is 16.5. The van der Waals surface area contributed by atoms with Crippen molar-refractivity contribution in [2.75, 3.05) is 24.3 Å². The molecule has 4 nitrogen and oxygen atoms in total. The molecule has 0 radical (unpaired) electrons. The minimum absolute atomic E-state index is 0.0304. The summed E-state index contributed by atoms with van der Waals surface area (Å²) in [5.74, 6) is 0.705. The lowest BCUT2D eigenvalue weighted by Gasteiger charge is -2.37. The molecule has 0 aliphatic carbocycles. The van der Waals surface area contributed by atoms with Gasteiger partial charge < -0.3 is 15.0 Å². The van der Waals surface area contributed by atoms with Gasteiger partial charge in [0.25, 0.3) is 5.91 Å². The normalized spacial score (nSPS) is 17.8. The van der Waals surface area contributed by atoms with Gasteiger partial charge in [-0.2, -0.15) is 0 Å². The molecule has 4 heteroatoms. The van der Waals surface area contributed by atoms with E-state index in [1.807, 2.05) is 25.2 Å². The first-order valence-corrected chi connectivity index (χ1v) is 5.24. The highest BCUT2D eigenvalue weighted by molar-refractivity contribution is 6.02. The first kappa shape index (κ1) is 10.8. The van der Waals surface area contributed by atoms with Crippen molar-refractivity contribution in [2.45, 2.75) is 19.4 Å². The molecule has 1 amide bonds. The molecule has 0 saturated heterocycles. The van der Waals surface area contributed by atoms with E-state index in [0.29, 0.717) is 0 Å². The summed E-state index contributed by atoms with van der Waals surface area (Å²) in [5, 5.41) is 3.05. The van der Waals surface area contributed by atoms with Gasteiger partial charge in [-0.3, -0.25) is 4.79 Å². The Morgan fingerprint density at radius 2 is 2.06 bits per heavy atom. The Morgan fingerprint density at radius 1 is 1.38 bits per heavy atom. The maximum absolute atomic E-state index is 11.9. The molecule has 1 aliphatic heterocycles. The van der Waals surface area contributed by atoms with Gasteiger partial charge in [0.05, 0.1) is 5.69 Å². The molecule has 1 aliphatic rings. The molecule has 0 unspecified atom stereocenters. The summed E-state index contributed by atoms with van der Waals surface area (Å²) in [4.78, 5) is 13.6. The van der Waals surface area contributed by atoms with Crippen LogP contribution in [0.4, 0.5) is 11.4 Å². The summed E-state index contributed by atoms with van der Waals surface area (Å²) >= 11 is 0. The zero-order chi connectivity index (χ0) is 11.9. The zero-order valence-corrected chi connectivity index (χ0v) is 10.00. The van der Waals surface area contributed by atoms with Crippen LogP contribution in [-0.2, 0) is 4.79 Å². The van der Waals surface area contributed by atoms with Gasteiger partial charge in [0.15, 0.2) is 5.60 Å². The molecule has 16 heavy (non-hydrogen) atoms. The van der Waals surface area contributed by atoms with Gasteiger partial charge in [-0.15, -0.1) is 0 Å². The van der Waals surface area contributed by atoms with E-state index in [9.17, 15) is 4.79 Å². The lowest BCUT2D eigenvalue weighted by molar-refractivity contribution is -0.132. The molecule has 1 heterocycles. The van der Waals surface area contributed by atoms with Crippen molar-refractivity contribution in [2.24, 2.45) is 0 Å². The predicted octanol–water partition coefficient (Wildman–Crippen LogP) is 1.86. The summed E-state index contributed by atoms with van der Waals surface area (Å²) in [6.07, 6.45) is 0. The summed E-state index contributed by atoms with van der Waals surface area (Å²) in [7, 11) is 3.62. The Bertz CT molecular complexity index is 441. The quantitative estimate of drug-likeness (QED) is 0.785. The molecule has 0 bridgehead atoms. The number of carbonyl (C=O) groups is 1. The van der Waals surface area contributed by atoms with Crippen LogP contribution in [0.2, 0.25) is 0 Å². The molecule has 0 aromatic heterocycles. The maximum Gasteiger partial charge on any atom is 0.270 e. The number of hydrogen-bond donors (Lipinski definition) is 1. The number of anilines is 2. The SMILES string of the molecule is CNc1ccc2c(c1)OC(C)(C)C(=O)N2C. The molecular weight excluding hydrogens is 204 g/mol. The Hall–Kier alpha value is -1.71. The van der Waals surface area contributed by atoms with E-state index in [0.717, 1.165) is 17.1 Å². The topological polar surface area (TPSA) is 41.6 Å². The molecule has 86 valence electrons. The van der Waals surface area contributed by atoms with Gasteiger partial charge in [-0.25, -0.2) is 0 Å². The van der Waals surface area contributed by atoms with Gasteiger partial charge in [0, 0.05) is 25.8 Å². The van der Waals surface area contributed by atoms with Crippen LogP contribution in [-0.4, -0.2) is 25.6 Å². The van der Waals surface area contributed by atoms with E-state index in [-0.39, 0.29) is 5.91 Å². The lowest BCUT2D eigenvalue weighted by Crippen LogP contribution is -2.50. The van der Waals surface area contributed by atoms with Crippen molar-refractivity contribution in [1.29, 1.82) is 0 Å². The Morgan fingerprint density at radius 3 is 2.69 bits per heavy atom. The molecule has 1 N–H and O–H groups in total. The second-order valence-electron chi connectivity index (χ2n) is 4.41. The Kier molecular flexibility index (Phi) is 2.30. The first-order valence-electron chi connectivity index (χ1n) is 5.24. The van der Waals surface area contributed by atoms with E-state index < -0.39 is 5.60 Å². The summed E-state index contributed by atoms with van der Waals surface area (Å²) in [6, 6.07) is 5.71. The van der Waals surface area contributed by atoms with Crippen LogP contribution < -0.4 is 15.0 Å².